The van der Waals surface area contributed by atoms with Crippen molar-refractivity contribution in [2.24, 2.45) is 0 Å². The Balaban J connectivity index is 0.00000341. The van der Waals surface area contributed by atoms with Gasteiger partial charge in [0.2, 0.25) is 5.91 Å². The Morgan fingerprint density at radius 2 is 1.71 bits per heavy atom. The lowest BCUT2D eigenvalue weighted by molar-refractivity contribution is -0.118. The topological polar surface area (TPSA) is 70.6 Å². The third kappa shape index (κ3) is 6.04. The van der Waals surface area contributed by atoms with Gasteiger partial charge in [-0.15, -0.1) is 12.4 Å². The molecule has 0 bridgehead atoms. The Kier molecular flexibility index (Phi) is 8.59. The number of carbonyl (C=O) groups is 1. The molecular weight excluding hydrogens is 454 g/mol. The number of amides is 1. The molecule has 3 rings (SSSR count). The fourth-order valence-electron chi connectivity index (χ4n) is 3.06. The van der Waals surface area contributed by atoms with Gasteiger partial charge in [-0.1, -0.05) is 35.6 Å². The summed E-state index contributed by atoms with van der Waals surface area (Å²) in [4.78, 5) is 21.7. The summed E-state index contributed by atoms with van der Waals surface area (Å²) in [5.41, 5.74) is 3.15. The third-order valence-corrected chi connectivity index (χ3v) is 7.84. The van der Waals surface area contributed by atoms with E-state index in [9.17, 15) is 13.2 Å². The minimum atomic E-state index is -3.51. The van der Waals surface area contributed by atoms with Crippen molar-refractivity contribution >= 4 is 54.8 Å². The van der Waals surface area contributed by atoms with Crippen molar-refractivity contribution in [3.05, 3.63) is 53.6 Å². The largest absolute Gasteiger partial charge is 0.308 e. The summed E-state index contributed by atoms with van der Waals surface area (Å²) in [6, 6.07) is 12.3. The van der Waals surface area contributed by atoms with E-state index in [2.05, 4.69) is 6.07 Å². The predicted molar refractivity (Wildman–Crippen MR) is 130 cm³/mol. The Hall–Kier alpha value is -2.00. The molecule has 31 heavy (non-hydrogen) atoms. The number of halogens is 1. The molecule has 0 fully saturated rings. The van der Waals surface area contributed by atoms with Crippen LogP contribution in [0.2, 0.25) is 0 Å². The minimum absolute atomic E-state index is 0. The van der Waals surface area contributed by atoms with Crippen LogP contribution in [-0.2, 0) is 14.6 Å². The van der Waals surface area contributed by atoms with E-state index in [0.717, 1.165) is 21.3 Å². The number of carbonyl (C=O) groups excluding carboxylic acids is 1. The molecule has 0 atom stereocenters. The summed E-state index contributed by atoms with van der Waals surface area (Å²) in [5.74, 6) is -0.457. The van der Waals surface area contributed by atoms with Crippen molar-refractivity contribution in [1.82, 2.24) is 9.88 Å². The molecule has 6 nitrogen and oxygen atoms in total. The second kappa shape index (κ2) is 10.5. The number of anilines is 1. The van der Waals surface area contributed by atoms with E-state index in [1.165, 1.54) is 11.3 Å². The number of fused-ring (bicyclic) bond motifs is 1. The number of likely N-dealkylation sites (N-methyl/N-ethyl adjacent to an activating group) is 1. The number of rotatable bonds is 8. The number of thiazole rings is 1. The van der Waals surface area contributed by atoms with Crippen molar-refractivity contribution in [2.75, 3.05) is 37.8 Å². The van der Waals surface area contributed by atoms with Gasteiger partial charge in [0.25, 0.3) is 0 Å². The predicted octanol–water partition coefficient (Wildman–Crippen LogP) is 4.09. The number of nitrogens with zero attached hydrogens (tertiary/aromatic N) is 3. The molecule has 2 aromatic carbocycles. The van der Waals surface area contributed by atoms with Gasteiger partial charge in [-0.3, -0.25) is 9.69 Å². The van der Waals surface area contributed by atoms with Gasteiger partial charge in [-0.05, 0) is 57.3 Å². The van der Waals surface area contributed by atoms with Crippen LogP contribution in [0.25, 0.3) is 10.2 Å². The highest BCUT2D eigenvalue weighted by Crippen LogP contribution is 2.32. The Bertz CT molecular complexity index is 1150. The Morgan fingerprint density at radius 1 is 1.03 bits per heavy atom. The molecule has 0 aliphatic carbocycles. The third-order valence-electron chi connectivity index (χ3n) is 5.06. The zero-order valence-electron chi connectivity index (χ0n) is 18.2. The van der Waals surface area contributed by atoms with Gasteiger partial charge in [0.05, 0.1) is 20.9 Å². The zero-order chi connectivity index (χ0) is 21.9. The van der Waals surface area contributed by atoms with E-state index >= 15 is 0 Å². The maximum Gasteiger partial charge on any atom is 0.229 e. The molecule has 3 aromatic rings. The molecule has 0 aliphatic heterocycles. The van der Waals surface area contributed by atoms with Crippen LogP contribution >= 0.6 is 23.7 Å². The molecule has 0 aliphatic rings. The van der Waals surface area contributed by atoms with Crippen molar-refractivity contribution in [3.8, 4) is 0 Å². The molecule has 0 saturated heterocycles. The van der Waals surface area contributed by atoms with Crippen molar-refractivity contribution < 1.29 is 13.2 Å². The van der Waals surface area contributed by atoms with Gasteiger partial charge >= 0.3 is 0 Å². The first-order valence-electron chi connectivity index (χ1n) is 9.78. The number of hydrogen-bond acceptors (Lipinski definition) is 6. The second-order valence-electron chi connectivity index (χ2n) is 7.58. The maximum absolute atomic E-state index is 13.1. The van der Waals surface area contributed by atoms with Gasteiger partial charge in [-0.25, -0.2) is 13.4 Å². The first-order chi connectivity index (χ1) is 14.2. The Labute approximate surface area is 194 Å². The van der Waals surface area contributed by atoms with Gasteiger partial charge in [0.1, 0.15) is 0 Å². The SMILES string of the molecule is Cc1ccc2sc(N(CCN(C)C)C(=O)CCS(=O)(=O)c3ccccc3)nc2c1C.Cl. The number of aromatic nitrogens is 1. The molecule has 0 spiro atoms. The molecule has 9 heteroatoms. The average Bonchev–Trinajstić information content (AvgIpc) is 3.14. The molecule has 0 unspecified atom stereocenters. The van der Waals surface area contributed by atoms with Crippen LogP contribution < -0.4 is 4.90 Å². The lowest BCUT2D eigenvalue weighted by atomic mass is 10.1. The maximum atomic E-state index is 13.1. The van der Waals surface area contributed by atoms with Crippen LogP contribution in [0.1, 0.15) is 17.5 Å². The van der Waals surface area contributed by atoms with Crippen molar-refractivity contribution in [2.45, 2.75) is 25.2 Å². The van der Waals surface area contributed by atoms with E-state index in [4.69, 9.17) is 4.98 Å². The van der Waals surface area contributed by atoms with Crippen LogP contribution in [0.3, 0.4) is 0 Å². The molecule has 1 amide bonds. The molecule has 1 aromatic heterocycles. The van der Waals surface area contributed by atoms with E-state index in [-0.39, 0.29) is 35.4 Å². The molecule has 0 saturated carbocycles. The Morgan fingerprint density at radius 3 is 2.35 bits per heavy atom. The number of benzene rings is 2. The van der Waals surface area contributed by atoms with Crippen LogP contribution in [0.4, 0.5) is 5.13 Å². The van der Waals surface area contributed by atoms with E-state index in [1.807, 2.05) is 38.9 Å². The number of sulfone groups is 1. The van der Waals surface area contributed by atoms with Crippen LogP contribution in [-0.4, -0.2) is 57.1 Å². The van der Waals surface area contributed by atoms with Crippen LogP contribution in [0.5, 0.6) is 0 Å². The lowest BCUT2D eigenvalue weighted by Gasteiger charge is -2.22. The normalized spacial score (nSPS) is 11.5. The zero-order valence-corrected chi connectivity index (χ0v) is 20.6. The highest BCUT2D eigenvalue weighted by Gasteiger charge is 2.23. The highest BCUT2D eigenvalue weighted by molar-refractivity contribution is 7.91. The van der Waals surface area contributed by atoms with E-state index < -0.39 is 9.84 Å². The fourth-order valence-corrected chi connectivity index (χ4v) is 5.38. The highest BCUT2D eigenvalue weighted by atomic mass is 35.5. The minimum Gasteiger partial charge on any atom is -0.308 e. The first kappa shape index (κ1) is 25.3. The van der Waals surface area contributed by atoms with Crippen molar-refractivity contribution in [1.29, 1.82) is 0 Å². The summed E-state index contributed by atoms with van der Waals surface area (Å²) in [7, 11) is 0.364. The smallest absolute Gasteiger partial charge is 0.229 e. The molecule has 0 radical (unpaired) electrons. The first-order valence-corrected chi connectivity index (χ1v) is 12.3. The van der Waals surface area contributed by atoms with E-state index in [1.54, 1.807) is 35.2 Å². The molecular formula is C22H28ClN3O3S2. The fraction of sp³-hybridized carbons (Fsp3) is 0.364. The van der Waals surface area contributed by atoms with Crippen LogP contribution in [0.15, 0.2) is 47.4 Å². The van der Waals surface area contributed by atoms with Gasteiger partial charge in [0.15, 0.2) is 15.0 Å². The monoisotopic (exact) mass is 481 g/mol. The number of aryl methyl sites for hydroxylation is 2. The quantitative estimate of drug-likeness (QED) is 0.484. The van der Waals surface area contributed by atoms with Crippen LogP contribution in [0, 0.1) is 13.8 Å². The summed E-state index contributed by atoms with van der Waals surface area (Å²) in [5, 5.41) is 0.614. The second-order valence-corrected chi connectivity index (χ2v) is 10.7. The standard InChI is InChI=1S/C22H27N3O3S2.ClH/c1-16-10-11-19-21(17(16)2)23-22(29-19)25(14-13-24(3)4)20(26)12-15-30(27,28)18-8-6-5-7-9-18;/h5-11H,12-15H2,1-4H3;1H. The van der Waals surface area contributed by atoms with Gasteiger partial charge < -0.3 is 4.90 Å². The summed E-state index contributed by atoms with van der Waals surface area (Å²) >= 11 is 1.46. The summed E-state index contributed by atoms with van der Waals surface area (Å²) in [6.45, 7) is 5.18. The number of hydrogen-bond donors (Lipinski definition) is 0. The van der Waals surface area contributed by atoms with E-state index in [0.29, 0.717) is 18.2 Å². The lowest BCUT2D eigenvalue weighted by Crippen LogP contribution is -2.37. The van der Waals surface area contributed by atoms with Gasteiger partial charge in [0, 0.05) is 19.5 Å². The summed E-state index contributed by atoms with van der Waals surface area (Å²) in [6.07, 6.45) is -0.0847. The molecule has 168 valence electrons. The average molecular weight is 482 g/mol. The van der Waals surface area contributed by atoms with Gasteiger partial charge in [-0.2, -0.15) is 0 Å². The summed E-state index contributed by atoms with van der Waals surface area (Å²) < 4.78 is 26.2. The van der Waals surface area contributed by atoms with Crippen molar-refractivity contribution in [3.63, 3.8) is 0 Å². The molecule has 0 N–H and O–H groups in total. The molecule has 1 heterocycles.